The highest BCUT2D eigenvalue weighted by molar-refractivity contribution is 5.96. The van der Waals surface area contributed by atoms with E-state index in [0.29, 0.717) is 17.9 Å². The van der Waals surface area contributed by atoms with Crippen LogP contribution in [0, 0.1) is 17.0 Å². The Hall–Kier alpha value is -2.91. The lowest BCUT2D eigenvalue weighted by atomic mass is 10.3. The Morgan fingerprint density at radius 3 is 2.76 bits per heavy atom. The molecule has 0 spiro atoms. The zero-order valence-corrected chi connectivity index (χ0v) is 11.6. The number of hydrogen-bond acceptors (Lipinski definition) is 6. The molecule has 0 unspecified atom stereocenters. The largest absolute Gasteiger partial charge is 0.396 e. The highest BCUT2D eigenvalue weighted by Gasteiger charge is 2.16. The fourth-order valence-corrected chi connectivity index (χ4v) is 1.85. The Morgan fingerprint density at radius 1 is 1.52 bits per heavy atom. The highest BCUT2D eigenvalue weighted by Crippen LogP contribution is 2.10. The first kappa shape index (κ1) is 14.5. The Bertz CT molecular complexity index is 688. The summed E-state index contributed by atoms with van der Waals surface area (Å²) in [7, 11) is 1.67. The molecule has 21 heavy (non-hydrogen) atoms. The first-order valence-electron chi connectivity index (χ1n) is 6.14. The number of aromatic nitrogens is 4. The number of nitrogens with two attached hydrogens (primary N) is 1. The van der Waals surface area contributed by atoms with Crippen LogP contribution in [-0.4, -0.2) is 36.9 Å². The van der Waals surface area contributed by atoms with Gasteiger partial charge in [0.1, 0.15) is 0 Å². The van der Waals surface area contributed by atoms with Crippen LogP contribution >= 0.6 is 0 Å². The third-order valence-corrected chi connectivity index (χ3v) is 2.84. The number of carbonyl (C=O) groups is 1. The van der Waals surface area contributed by atoms with Gasteiger partial charge in [0.15, 0.2) is 5.69 Å². The number of nitrogens with one attached hydrogen (secondary N) is 1. The second kappa shape index (κ2) is 5.61. The van der Waals surface area contributed by atoms with Crippen LogP contribution in [0.4, 0.5) is 11.5 Å². The smallest absolute Gasteiger partial charge is 0.390 e. The molecule has 0 atom stereocenters. The standard InChI is InChI=1S/C11H15N7O3/c1-7-5-9(18(20)21)14-17(7)4-3-13-11(19)10-8(12)6-16(2)15-10/h5-6H,3-4,12H2,1-2H3,(H,13,19). The fraction of sp³-hybridized carbons (Fsp3) is 0.364. The SMILES string of the molecule is Cc1cc([N+](=O)[O-])nn1CCNC(=O)c1nn(C)cc1N. The van der Waals surface area contributed by atoms with E-state index >= 15 is 0 Å². The third-order valence-electron chi connectivity index (χ3n) is 2.84. The van der Waals surface area contributed by atoms with E-state index in [9.17, 15) is 14.9 Å². The fourth-order valence-electron chi connectivity index (χ4n) is 1.85. The molecule has 3 N–H and O–H groups in total. The van der Waals surface area contributed by atoms with E-state index < -0.39 is 10.8 Å². The Morgan fingerprint density at radius 2 is 2.24 bits per heavy atom. The van der Waals surface area contributed by atoms with Crippen LogP contribution in [0.5, 0.6) is 0 Å². The van der Waals surface area contributed by atoms with Crippen molar-refractivity contribution in [2.75, 3.05) is 12.3 Å². The molecule has 1 amide bonds. The molecule has 10 heteroatoms. The summed E-state index contributed by atoms with van der Waals surface area (Å²) in [4.78, 5) is 21.9. The molecule has 0 saturated carbocycles. The van der Waals surface area contributed by atoms with Gasteiger partial charge < -0.3 is 21.2 Å². The Balaban J connectivity index is 1.94. The molecular formula is C11H15N7O3. The number of anilines is 1. The third kappa shape index (κ3) is 3.16. The number of aryl methyl sites for hydroxylation is 2. The van der Waals surface area contributed by atoms with Crippen molar-refractivity contribution in [2.24, 2.45) is 7.05 Å². The molecule has 0 radical (unpaired) electrons. The van der Waals surface area contributed by atoms with E-state index in [1.54, 1.807) is 14.0 Å². The summed E-state index contributed by atoms with van der Waals surface area (Å²) >= 11 is 0. The molecule has 0 aromatic carbocycles. The van der Waals surface area contributed by atoms with E-state index in [1.807, 2.05) is 0 Å². The first-order valence-corrected chi connectivity index (χ1v) is 6.14. The van der Waals surface area contributed by atoms with Crippen molar-refractivity contribution in [1.82, 2.24) is 24.9 Å². The van der Waals surface area contributed by atoms with Crippen LogP contribution < -0.4 is 11.1 Å². The normalized spacial score (nSPS) is 10.6. The van der Waals surface area contributed by atoms with Crippen LogP contribution in [0.25, 0.3) is 0 Å². The van der Waals surface area contributed by atoms with Gasteiger partial charge in [-0.05, 0) is 11.8 Å². The van der Waals surface area contributed by atoms with Crippen LogP contribution in [0.1, 0.15) is 16.2 Å². The van der Waals surface area contributed by atoms with Gasteiger partial charge in [-0.2, -0.15) is 9.78 Å². The lowest BCUT2D eigenvalue weighted by molar-refractivity contribution is -0.389. The van der Waals surface area contributed by atoms with Crippen LogP contribution in [0.15, 0.2) is 12.3 Å². The zero-order chi connectivity index (χ0) is 15.6. The number of nitro groups is 1. The minimum absolute atomic E-state index is 0.153. The van der Waals surface area contributed by atoms with Crippen molar-refractivity contribution < 1.29 is 9.72 Å². The number of nitrogens with zero attached hydrogens (tertiary/aromatic N) is 5. The molecule has 0 aliphatic heterocycles. The lowest BCUT2D eigenvalue weighted by Gasteiger charge is -2.03. The molecule has 112 valence electrons. The van der Waals surface area contributed by atoms with Crippen LogP contribution in [-0.2, 0) is 13.6 Å². The van der Waals surface area contributed by atoms with Crippen molar-refractivity contribution in [1.29, 1.82) is 0 Å². The number of carbonyl (C=O) groups excluding carboxylic acids is 1. The van der Waals surface area contributed by atoms with Gasteiger partial charge in [0, 0.05) is 19.8 Å². The Labute approximate surface area is 119 Å². The maximum absolute atomic E-state index is 11.9. The van der Waals surface area contributed by atoms with Crippen molar-refractivity contribution in [3.05, 3.63) is 33.8 Å². The minimum Gasteiger partial charge on any atom is -0.396 e. The molecule has 2 rings (SSSR count). The monoisotopic (exact) mass is 293 g/mol. The molecule has 0 fully saturated rings. The first-order chi connectivity index (χ1) is 9.88. The van der Waals surface area contributed by atoms with Gasteiger partial charge in [-0.15, -0.1) is 0 Å². The number of nitrogen functional groups attached to an aromatic ring is 1. The van der Waals surface area contributed by atoms with Gasteiger partial charge in [0.05, 0.1) is 29.1 Å². The van der Waals surface area contributed by atoms with E-state index in [0.717, 1.165) is 0 Å². The van der Waals surface area contributed by atoms with Gasteiger partial charge in [0.2, 0.25) is 0 Å². The topological polar surface area (TPSA) is 134 Å². The van der Waals surface area contributed by atoms with Gasteiger partial charge in [0.25, 0.3) is 5.91 Å². The zero-order valence-electron chi connectivity index (χ0n) is 11.6. The molecular weight excluding hydrogens is 278 g/mol. The van der Waals surface area contributed by atoms with Gasteiger partial charge in [-0.1, -0.05) is 0 Å². The average molecular weight is 293 g/mol. The van der Waals surface area contributed by atoms with Crippen molar-refractivity contribution in [2.45, 2.75) is 13.5 Å². The summed E-state index contributed by atoms with van der Waals surface area (Å²) in [5, 5.41) is 21.0. The van der Waals surface area contributed by atoms with Crippen LogP contribution in [0.2, 0.25) is 0 Å². The van der Waals surface area contributed by atoms with Gasteiger partial charge in [-0.3, -0.25) is 9.48 Å². The van der Waals surface area contributed by atoms with Crippen LogP contribution in [0.3, 0.4) is 0 Å². The maximum Gasteiger partial charge on any atom is 0.390 e. The number of hydrogen-bond donors (Lipinski definition) is 2. The lowest BCUT2D eigenvalue weighted by Crippen LogP contribution is -2.28. The molecule has 0 bridgehead atoms. The van der Waals surface area contributed by atoms with E-state index in [-0.39, 0.29) is 18.1 Å². The number of rotatable bonds is 5. The highest BCUT2D eigenvalue weighted by atomic mass is 16.6. The number of amides is 1. The summed E-state index contributed by atoms with van der Waals surface area (Å²) in [6.07, 6.45) is 1.54. The predicted molar refractivity (Wildman–Crippen MR) is 73.6 cm³/mol. The molecule has 0 saturated heterocycles. The summed E-state index contributed by atoms with van der Waals surface area (Å²) < 4.78 is 2.91. The molecule has 0 aliphatic rings. The molecule has 2 heterocycles. The second-order valence-electron chi connectivity index (χ2n) is 4.49. The Kier molecular flexibility index (Phi) is 3.87. The summed E-state index contributed by atoms with van der Waals surface area (Å²) in [6, 6.07) is 1.37. The van der Waals surface area contributed by atoms with E-state index in [4.69, 9.17) is 5.73 Å². The van der Waals surface area contributed by atoms with E-state index in [2.05, 4.69) is 15.5 Å². The van der Waals surface area contributed by atoms with Crippen molar-refractivity contribution in [3.8, 4) is 0 Å². The average Bonchev–Trinajstić information content (AvgIpc) is 2.93. The molecule has 2 aromatic rings. The van der Waals surface area contributed by atoms with Crippen molar-refractivity contribution >= 4 is 17.4 Å². The maximum atomic E-state index is 11.9. The summed E-state index contributed by atoms with van der Waals surface area (Å²) in [5.41, 5.74) is 6.74. The summed E-state index contributed by atoms with van der Waals surface area (Å²) in [6.45, 7) is 2.28. The summed E-state index contributed by atoms with van der Waals surface area (Å²) in [5.74, 6) is -0.611. The van der Waals surface area contributed by atoms with Crippen molar-refractivity contribution in [3.63, 3.8) is 0 Å². The molecule has 0 aliphatic carbocycles. The second-order valence-corrected chi connectivity index (χ2v) is 4.49. The van der Waals surface area contributed by atoms with E-state index in [1.165, 1.54) is 21.6 Å². The molecule has 10 nitrogen and oxygen atoms in total. The van der Waals surface area contributed by atoms with Gasteiger partial charge >= 0.3 is 5.82 Å². The molecule has 2 aromatic heterocycles. The quantitative estimate of drug-likeness (QED) is 0.581. The predicted octanol–water partition coefficient (Wildman–Crippen LogP) is -0.155. The minimum atomic E-state index is -0.559. The van der Waals surface area contributed by atoms with Gasteiger partial charge in [-0.25, -0.2) is 0 Å².